The molecular weight excluding hydrogens is 204 g/mol. The first-order valence-electron chi connectivity index (χ1n) is 6.42. The fraction of sp³-hybridized carbons (Fsp3) is 0.923. The second-order valence-corrected chi connectivity index (χ2v) is 5.04. The predicted molar refractivity (Wildman–Crippen MR) is 63.2 cm³/mol. The van der Waals surface area contributed by atoms with Gasteiger partial charge in [0.2, 0.25) is 0 Å². The predicted octanol–water partition coefficient (Wildman–Crippen LogP) is 2.93. The van der Waals surface area contributed by atoms with E-state index in [1.165, 1.54) is 0 Å². The van der Waals surface area contributed by atoms with E-state index < -0.39 is 5.60 Å². The van der Waals surface area contributed by atoms with Crippen molar-refractivity contribution in [3.8, 4) is 0 Å². The quantitative estimate of drug-likeness (QED) is 0.656. The van der Waals surface area contributed by atoms with Crippen molar-refractivity contribution in [2.45, 2.75) is 58.5 Å². The van der Waals surface area contributed by atoms with Gasteiger partial charge in [-0.15, -0.1) is 0 Å². The number of hydrogen-bond acceptors (Lipinski definition) is 3. The monoisotopic (exact) mass is 228 g/mol. The molecule has 1 aliphatic rings. The molecule has 0 amide bonds. The van der Waals surface area contributed by atoms with E-state index in [0.29, 0.717) is 19.1 Å². The molecule has 0 radical (unpaired) electrons. The van der Waals surface area contributed by atoms with Gasteiger partial charge in [-0.1, -0.05) is 20.8 Å². The van der Waals surface area contributed by atoms with Crippen molar-refractivity contribution in [2.75, 3.05) is 13.2 Å². The van der Waals surface area contributed by atoms with Gasteiger partial charge in [-0.05, 0) is 38.0 Å². The highest BCUT2D eigenvalue weighted by atomic mass is 16.6. The summed E-state index contributed by atoms with van der Waals surface area (Å²) in [6.45, 7) is 7.29. The Morgan fingerprint density at radius 2 is 1.94 bits per heavy atom. The lowest BCUT2D eigenvalue weighted by molar-refractivity contribution is -0.173. The summed E-state index contributed by atoms with van der Waals surface area (Å²) >= 11 is 0. The Morgan fingerprint density at radius 1 is 1.31 bits per heavy atom. The molecule has 0 bridgehead atoms. The van der Waals surface area contributed by atoms with Crippen molar-refractivity contribution < 1.29 is 14.3 Å². The average molecular weight is 228 g/mol. The normalized spacial score (nSPS) is 19.0. The van der Waals surface area contributed by atoms with Crippen LogP contribution in [0.1, 0.15) is 52.9 Å². The molecule has 0 N–H and O–H groups in total. The third kappa shape index (κ3) is 3.48. The molecular formula is C13H24O3. The molecule has 0 spiro atoms. The minimum Gasteiger partial charge on any atom is -0.463 e. The van der Waals surface area contributed by atoms with Gasteiger partial charge in [0.15, 0.2) is 5.60 Å². The third-order valence-corrected chi connectivity index (χ3v) is 2.91. The molecule has 3 heteroatoms. The molecule has 0 aliphatic heterocycles. The highest BCUT2D eigenvalue weighted by Crippen LogP contribution is 2.34. The van der Waals surface area contributed by atoms with Gasteiger partial charge in [0, 0.05) is 6.61 Å². The van der Waals surface area contributed by atoms with Crippen LogP contribution >= 0.6 is 0 Å². The zero-order valence-electron chi connectivity index (χ0n) is 10.8. The summed E-state index contributed by atoms with van der Waals surface area (Å²) in [5.41, 5.74) is -0.620. The van der Waals surface area contributed by atoms with Crippen LogP contribution in [0, 0.1) is 5.92 Å². The number of hydrogen-bond donors (Lipinski definition) is 0. The molecule has 0 unspecified atom stereocenters. The van der Waals surface area contributed by atoms with E-state index in [0.717, 1.165) is 32.1 Å². The van der Waals surface area contributed by atoms with Gasteiger partial charge in [-0.25, -0.2) is 4.79 Å². The standard InChI is InChI=1S/C13H24O3/c1-4-9-16-13(7-5-6-8-13)12(14)15-10-11(2)3/h11H,4-10H2,1-3H3. The van der Waals surface area contributed by atoms with Gasteiger partial charge in [0.05, 0.1) is 6.61 Å². The van der Waals surface area contributed by atoms with Crippen molar-refractivity contribution in [1.82, 2.24) is 0 Å². The maximum Gasteiger partial charge on any atom is 0.338 e. The molecule has 0 saturated heterocycles. The van der Waals surface area contributed by atoms with E-state index in [1.54, 1.807) is 0 Å². The second kappa shape index (κ2) is 6.24. The van der Waals surface area contributed by atoms with E-state index >= 15 is 0 Å². The van der Waals surface area contributed by atoms with E-state index in [4.69, 9.17) is 9.47 Å². The summed E-state index contributed by atoms with van der Waals surface area (Å²) in [7, 11) is 0. The van der Waals surface area contributed by atoms with E-state index in [-0.39, 0.29) is 5.97 Å². The maximum atomic E-state index is 12.0. The topological polar surface area (TPSA) is 35.5 Å². The van der Waals surface area contributed by atoms with Gasteiger partial charge < -0.3 is 9.47 Å². The Labute approximate surface area is 98.5 Å². The van der Waals surface area contributed by atoms with Gasteiger partial charge in [-0.2, -0.15) is 0 Å². The molecule has 0 aromatic carbocycles. The van der Waals surface area contributed by atoms with Crippen molar-refractivity contribution in [1.29, 1.82) is 0 Å². The molecule has 1 fully saturated rings. The largest absolute Gasteiger partial charge is 0.463 e. The van der Waals surface area contributed by atoms with Crippen molar-refractivity contribution in [3.63, 3.8) is 0 Å². The van der Waals surface area contributed by atoms with E-state index in [9.17, 15) is 4.79 Å². The molecule has 0 atom stereocenters. The summed E-state index contributed by atoms with van der Waals surface area (Å²) in [5.74, 6) is 0.237. The molecule has 0 heterocycles. The summed E-state index contributed by atoms with van der Waals surface area (Å²) in [5, 5.41) is 0. The van der Waals surface area contributed by atoms with Crippen LogP contribution < -0.4 is 0 Å². The Bertz CT molecular complexity index is 217. The average Bonchev–Trinajstić information content (AvgIpc) is 2.73. The summed E-state index contributed by atoms with van der Waals surface area (Å²) < 4.78 is 11.1. The Balaban J connectivity index is 2.51. The number of rotatable bonds is 6. The zero-order valence-corrected chi connectivity index (χ0v) is 10.8. The van der Waals surface area contributed by atoms with Crippen LogP contribution in [0.5, 0.6) is 0 Å². The molecule has 16 heavy (non-hydrogen) atoms. The molecule has 1 saturated carbocycles. The Hall–Kier alpha value is -0.570. The van der Waals surface area contributed by atoms with Crippen LogP contribution in [0.25, 0.3) is 0 Å². The van der Waals surface area contributed by atoms with Crippen LogP contribution in [0.15, 0.2) is 0 Å². The smallest absolute Gasteiger partial charge is 0.338 e. The van der Waals surface area contributed by atoms with Crippen LogP contribution in [0.3, 0.4) is 0 Å². The lowest BCUT2D eigenvalue weighted by Gasteiger charge is -2.27. The minimum atomic E-state index is -0.620. The number of carbonyl (C=O) groups excluding carboxylic acids is 1. The molecule has 94 valence electrons. The highest BCUT2D eigenvalue weighted by Gasteiger charge is 2.43. The maximum absolute atomic E-state index is 12.0. The molecule has 3 nitrogen and oxygen atoms in total. The van der Waals surface area contributed by atoms with Crippen LogP contribution in [0.2, 0.25) is 0 Å². The first-order valence-corrected chi connectivity index (χ1v) is 6.42. The van der Waals surface area contributed by atoms with Gasteiger partial charge in [0.25, 0.3) is 0 Å². The zero-order chi connectivity index (χ0) is 12.0. The summed E-state index contributed by atoms with van der Waals surface area (Å²) in [4.78, 5) is 12.0. The van der Waals surface area contributed by atoms with Crippen LogP contribution in [-0.2, 0) is 14.3 Å². The first kappa shape index (κ1) is 13.5. The van der Waals surface area contributed by atoms with Crippen molar-refractivity contribution >= 4 is 5.97 Å². The highest BCUT2D eigenvalue weighted by molar-refractivity contribution is 5.80. The molecule has 1 aliphatic carbocycles. The fourth-order valence-corrected chi connectivity index (χ4v) is 2.02. The lowest BCUT2D eigenvalue weighted by atomic mass is 10.0. The second-order valence-electron chi connectivity index (χ2n) is 5.04. The lowest BCUT2D eigenvalue weighted by Crippen LogP contribution is -2.41. The van der Waals surface area contributed by atoms with E-state index in [1.807, 2.05) is 13.8 Å². The summed E-state index contributed by atoms with van der Waals surface area (Å²) in [6, 6.07) is 0. The number of carbonyl (C=O) groups is 1. The van der Waals surface area contributed by atoms with Crippen LogP contribution in [0.4, 0.5) is 0 Å². The Kier molecular flexibility index (Phi) is 5.26. The third-order valence-electron chi connectivity index (χ3n) is 2.91. The summed E-state index contributed by atoms with van der Waals surface area (Å²) in [6.07, 6.45) is 4.73. The van der Waals surface area contributed by atoms with Gasteiger partial charge >= 0.3 is 5.97 Å². The minimum absolute atomic E-state index is 0.146. The first-order chi connectivity index (χ1) is 7.60. The number of ether oxygens (including phenoxy) is 2. The van der Waals surface area contributed by atoms with Crippen molar-refractivity contribution in [2.24, 2.45) is 5.92 Å². The molecule has 1 rings (SSSR count). The SMILES string of the molecule is CCCOC1(C(=O)OCC(C)C)CCCC1. The van der Waals surface area contributed by atoms with Crippen molar-refractivity contribution in [3.05, 3.63) is 0 Å². The van der Waals surface area contributed by atoms with E-state index in [2.05, 4.69) is 6.92 Å². The number of esters is 1. The molecule has 0 aromatic heterocycles. The molecule has 0 aromatic rings. The van der Waals surface area contributed by atoms with Gasteiger partial charge in [0.1, 0.15) is 0 Å². The van der Waals surface area contributed by atoms with Gasteiger partial charge in [-0.3, -0.25) is 0 Å². The van der Waals surface area contributed by atoms with Crippen LogP contribution in [-0.4, -0.2) is 24.8 Å². The Morgan fingerprint density at radius 3 is 2.44 bits per heavy atom. The fourth-order valence-electron chi connectivity index (χ4n) is 2.02.